The van der Waals surface area contributed by atoms with Crippen molar-refractivity contribution in [2.75, 3.05) is 17.7 Å². The van der Waals surface area contributed by atoms with Gasteiger partial charge in [0.15, 0.2) is 0 Å². The number of amides is 3. The number of nitrogens with one attached hydrogen (secondary N) is 2. The highest BCUT2D eigenvalue weighted by atomic mass is 19.4. The Balaban J connectivity index is 1.45. The maximum atomic E-state index is 13.2. The third-order valence-corrected chi connectivity index (χ3v) is 6.41. The summed E-state index contributed by atoms with van der Waals surface area (Å²) in [7, 11) is 1.31. The van der Waals surface area contributed by atoms with Gasteiger partial charge in [-0.05, 0) is 65.4 Å². The molecule has 0 saturated carbocycles. The molecule has 204 valence electrons. The molecule has 7 nitrogen and oxygen atoms in total. The van der Waals surface area contributed by atoms with E-state index in [4.69, 9.17) is 4.74 Å². The number of hydrogen-bond donors (Lipinski definition) is 2. The molecule has 3 amide bonds. The number of anilines is 2. The Hall–Kier alpha value is -4.34. The SMILES string of the molecule is COC(=O)C(CC(C)C)N1Cc2ccc(-c3ccc(NC(=O)Nc4cccc(C(F)(F)F)c4)cc3)cc2C1=O. The van der Waals surface area contributed by atoms with E-state index in [1.54, 1.807) is 35.2 Å². The molecule has 0 bridgehead atoms. The fraction of sp³-hybridized carbons (Fsp3) is 0.276. The highest BCUT2D eigenvalue weighted by molar-refractivity contribution is 6.02. The second-order valence-electron chi connectivity index (χ2n) is 9.71. The lowest BCUT2D eigenvalue weighted by atomic mass is 10.00. The number of halogens is 3. The molecule has 39 heavy (non-hydrogen) atoms. The molecular formula is C29H28F3N3O4. The largest absolute Gasteiger partial charge is 0.467 e. The molecule has 0 saturated heterocycles. The van der Waals surface area contributed by atoms with Crippen molar-refractivity contribution in [1.82, 2.24) is 4.90 Å². The Morgan fingerprint density at radius 1 is 0.949 bits per heavy atom. The van der Waals surface area contributed by atoms with E-state index < -0.39 is 29.8 Å². The summed E-state index contributed by atoms with van der Waals surface area (Å²) in [6.07, 6.45) is -4.02. The number of carbonyl (C=O) groups excluding carboxylic acids is 3. The first-order valence-electron chi connectivity index (χ1n) is 12.3. The van der Waals surface area contributed by atoms with Crippen LogP contribution >= 0.6 is 0 Å². The lowest BCUT2D eigenvalue weighted by molar-refractivity contribution is -0.146. The van der Waals surface area contributed by atoms with Crippen LogP contribution in [0.4, 0.5) is 29.3 Å². The monoisotopic (exact) mass is 539 g/mol. The van der Waals surface area contributed by atoms with Gasteiger partial charge >= 0.3 is 18.2 Å². The van der Waals surface area contributed by atoms with Crippen molar-refractivity contribution < 1.29 is 32.3 Å². The second kappa shape index (κ2) is 11.2. The number of ether oxygens (including phenoxy) is 1. The maximum Gasteiger partial charge on any atom is 0.416 e. The van der Waals surface area contributed by atoms with E-state index in [-0.39, 0.29) is 17.5 Å². The zero-order valence-corrected chi connectivity index (χ0v) is 21.6. The van der Waals surface area contributed by atoms with Gasteiger partial charge in [-0.25, -0.2) is 9.59 Å². The van der Waals surface area contributed by atoms with E-state index in [0.717, 1.165) is 28.8 Å². The second-order valence-corrected chi connectivity index (χ2v) is 9.71. The van der Waals surface area contributed by atoms with E-state index >= 15 is 0 Å². The molecule has 0 fully saturated rings. The molecule has 10 heteroatoms. The van der Waals surface area contributed by atoms with Crippen LogP contribution in [-0.2, 0) is 22.3 Å². The standard InChI is InChI=1S/C29H28F3N3O4/c1-17(2)13-25(27(37)39-3)35-16-20-8-7-19(14-24(20)26(35)36)18-9-11-22(12-10-18)33-28(38)34-23-6-4-5-21(15-23)29(30,31)32/h4-12,14-15,17,25H,13,16H2,1-3H3,(H2,33,34,38). The predicted molar refractivity (Wildman–Crippen MR) is 141 cm³/mol. The first kappa shape index (κ1) is 27.7. The topological polar surface area (TPSA) is 87.7 Å². The van der Waals surface area contributed by atoms with E-state index in [2.05, 4.69) is 10.6 Å². The number of urea groups is 1. The molecule has 0 radical (unpaired) electrons. The Kier molecular flexibility index (Phi) is 7.94. The summed E-state index contributed by atoms with van der Waals surface area (Å²) in [5.41, 5.74) is 2.50. The van der Waals surface area contributed by atoms with Crippen molar-refractivity contribution in [1.29, 1.82) is 0 Å². The number of alkyl halides is 3. The Morgan fingerprint density at radius 2 is 1.62 bits per heavy atom. The lowest BCUT2D eigenvalue weighted by Crippen LogP contribution is -2.42. The number of esters is 1. The van der Waals surface area contributed by atoms with Crippen LogP contribution in [0.15, 0.2) is 66.7 Å². The third kappa shape index (κ3) is 6.39. The van der Waals surface area contributed by atoms with Crippen LogP contribution in [0.1, 0.15) is 41.8 Å². The minimum Gasteiger partial charge on any atom is -0.467 e. The molecule has 3 aromatic rings. The molecule has 0 spiro atoms. The summed E-state index contributed by atoms with van der Waals surface area (Å²) >= 11 is 0. The van der Waals surface area contributed by atoms with Crippen LogP contribution in [0.25, 0.3) is 11.1 Å². The Bertz CT molecular complexity index is 1390. The number of methoxy groups -OCH3 is 1. The summed E-state index contributed by atoms with van der Waals surface area (Å²) in [6, 6.07) is 15.4. The van der Waals surface area contributed by atoms with Gasteiger partial charge in [0.2, 0.25) is 0 Å². The van der Waals surface area contributed by atoms with Crippen LogP contribution in [0.5, 0.6) is 0 Å². The van der Waals surface area contributed by atoms with Crippen molar-refractivity contribution in [3.63, 3.8) is 0 Å². The van der Waals surface area contributed by atoms with Crippen molar-refractivity contribution >= 4 is 29.3 Å². The average molecular weight is 540 g/mol. The molecule has 1 heterocycles. The Labute approximate surface area is 224 Å². The van der Waals surface area contributed by atoms with Crippen molar-refractivity contribution in [3.05, 3.63) is 83.4 Å². The fourth-order valence-corrected chi connectivity index (χ4v) is 4.50. The van der Waals surface area contributed by atoms with Crippen LogP contribution < -0.4 is 10.6 Å². The summed E-state index contributed by atoms with van der Waals surface area (Å²) < 4.78 is 43.7. The van der Waals surface area contributed by atoms with E-state index in [9.17, 15) is 27.6 Å². The highest BCUT2D eigenvalue weighted by Crippen LogP contribution is 2.32. The average Bonchev–Trinajstić information content (AvgIpc) is 3.22. The van der Waals surface area contributed by atoms with Crippen LogP contribution in [0.3, 0.4) is 0 Å². The quantitative estimate of drug-likeness (QED) is 0.333. The number of carbonyl (C=O) groups is 3. The molecule has 2 N–H and O–H groups in total. The zero-order valence-electron chi connectivity index (χ0n) is 21.6. The number of benzene rings is 3. The fourth-order valence-electron chi connectivity index (χ4n) is 4.50. The third-order valence-electron chi connectivity index (χ3n) is 6.41. The number of hydrogen-bond acceptors (Lipinski definition) is 4. The molecule has 3 aromatic carbocycles. The van der Waals surface area contributed by atoms with Crippen LogP contribution in [0, 0.1) is 5.92 Å². The number of fused-ring (bicyclic) bond motifs is 1. The van der Waals surface area contributed by atoms with Crippen molar-refractivity contribution in [2.24, 2.45) is 5.92 Å². The summed E-state index contributed by atoms with van der Waals surface area (Å²) in [6.45, 7) is 4.29. The maximum absolute atomic E-state index is 13.2. The van der Waals surface area contributed by atoms with Crippen LogP contribution in [-0.4, -0.2) is 36.0 Å². The number of rotatable bonds is 7. The normalized spacial score (nSPS) is 13.7. The van der Waals surface area contributed by atoms with Gasteiger partial charge < -0.3 is 20.3 Å². The van der Waals surface area contributed by atoms with Crippen molar-refractivity contribution in [2.45, 2.75) is 39.0 Å². The molecule has 0 aliphatic carbocycles. The molecule has 4 rings (SSSR count). The van der Waals surface area contributed by atoms with Crippen LogP contribution in [0.2, 0.25) is 0 Å². The summed E-state index contributed by atoms with van der Waals surface area (Å²) in [5.74, 6) is -0.474. The Morgan fingerprint density at radius 3 is 2.26 bits per heavy atom. The minimum atomic E-state index is -4.51. The molecule has 0 aromatic heterocycles. The molecule has 1 aliphatic heterocycles. The van der Waals surface area contributed by atoms with Crippen molar-refractivity contribution in [3.8, 4) is 11.1 Å². The first-order valence-corrected chi connectivity index (χ1v) is 12.3. The smallest absolute Gasteiger partial charge is 0.416 e. The van der Waals surface area contributed by atoms with Gasteiger partial charge in [-0.2, -0.15) is 13.2 Å². The highest BCUT2D eigenvalue weighted by Gasteiger charge is 2.37. The molecule has 1 aliphatic rings. The lowest BCUT2D eigenvalue weighted by Gasteiger charge is -2.26. The summed E-state index contributed by atoms with van der Waals surface area (Å²) in [5, 5.41) is 4.98. The van der Waals surface area contributed by atoms with Gasteiger partial charge in [-0.15, -0.1) is 0 Å². The van der Waals surface area contributed by atoms with E-state index in [0.29, 0.717) is 24.2 Å². The molecular weight excluding hydrogens is 511 g/mol. The summed E-state index contributed by atoms with van der Waals surface area (Å²) in [4.78, 5) is 39.5. The molecule has 1 atom stereocenters. The zero-order chi connectivity index (χ0) is 28.3. The van der Waals surface area contributed by atoms with Gasteiger partial charge in [0.1, 0.15) is 6.04 Å². The number of nitrogens with zero attached hydrogens (tertiary/aromatic N) is 1. The van der Waals surface area contributed by atoms with E-state index in [1.165, 1.54) is 19.2 Å². The van der Waals surface area contributed by atoms with Gasteiger partial charge in [0.25, 0.3) is 5.91 Å². The minimum absolute atomic E-state index is 0.0126. The van der Waals surface area contributed by atoms with Gasteiger partial charge in [-0.1, -0.05) is 44.2 Å². The van der Waals surface area contributed by atoms with E-state index in [1.807, 2.05) is 26.0 Å². The first-order chi connectivity index (χ1) is 18.5. The molecule has 1 unspecified atom stereocenters. The van der Waals surface area contributed by atoms with Gasteiger partial charge in [0.05, 0.1) is 12.7 Å². The van der Waals surface area contributed by atoms with Gasteiger partial charge in [-0.3, -0.25) is 4.79 Å². The predicted octanol–water partition coefficient (Wildman–Crippen LogP) is 6.56. The van der Waals surface area contributed by atoms with Gasteiger partial charge in [0, 0.05) is 23.5 Å².